The molecule has 0 spiro atoms. The van der Waals surface area contributed by atoms with Crippen LogP contribution in [0, 0.1) is 22.7 Å². The molecule has 0 radical (unpaired) electrons. The van der Waals surface area contributed by atoms with E-state index in [1.807, 2.05) is 41.8 Å². The summed E-state index contributed by atoms with van der Waals surface area (Å²) in [5.41, 5.74) is 3.86. The average Bonchev–Trinajstić information content (AvgIpc) is 3.75. The summed E-state index contributed by atoms with van der Waals surface area (Å²) in [7, 11) is 0. The topological polar surface area (TPSA) is 135 Å². The number of nitrogens with zero attached hydrogens (tertiary/aromatic N) is 5. The van der Waals surface area contributed by atoms with E-state index < -0.39 is 12.0 Å². The van der Waals surface area contributed by atoms with E-state index >= 15 is 0 Å². The summed E-state index contributed by atoms with van der Waals surface area (Å²) in [5.74, 6) is 0.783. The van der Waals surface area contributed by atoms with Crippen LogP contribution >= 0.6 is 34.7 Å². The summed E-state index contributed by atoms with van der Waals surface area (Å²) in [6.07, 6.45) is 2.03. The maximum Gasteiger partial charge on any atom is 0.320 e. The molecule has 0 saturated carbocycles. The number of pyridine rings is 1. The molecule has 224 valence electrons. The number of carbonyl (C=O) groups is 1. The third-order valence-electron chi connectivity index (χ3n) is 7.11. The lowest BCUT2D eigenvalue weighted by molar-refractivity contribution is -0.139. The Balaban J connectivity index is 1.42. The predicted octanol–water partition coefficient (Wildman–Crippen LogP) is 6.60. The standard InChI is InChI=1S/C32H29ClN6O3S2/c1-20(32(40)41)36-12-15-42-25-10-6-21(7-11-25)28-26(16-34)29(39-13-2-3-14-39)38-31(27(28)17-35)44-19-24-18-43-30(37-24)22-4-8-23(33)9-5-22/h4-11,18,20,36H,2-3,12-15,19H2,1H3,(H,40,41)/t20-/m0/s1. The Morgan fingerprint density at radius 1 is 1.09 bits per heavy atom. The number of halogens is 1. The first kappa shape index (κ1) is 31.3. The molecule has 3 heterocycles. The Kier molecular flexibility index (Phi) is 10.4. The minimum Gasteiger partial charge on any atom is -0.492 e. The zero-order valence-electron chi connectivity index (χ0n) is 23.9. The molecule has 9 nitrogen and oxygen atoms in total. The average molecular weight is 645 g/mol. The highest BCUT2D eigenvalue weighted by Gasteiger charge is 2.26. The molecule has 4 aromatic rings. The van der Waals surface area contributed by atoms with E-state index in [0.717, 1.165) is 42.2 Å². The number of aliphatic carboxylic acids is 1. The first-order valence-electron chi connectivity index (χ1n) is 14.0. The van der Waals surface area contributed by atoms with Crippen molar-refractivity contribution in [3.8, 4) is 39.6 Å². The van der Waals surface area contributed by atoms with Crippen molar-refractivity contribution in [2.45, 2.75) is 36.6 Å². The number of carboxylic acids is 1. The molecular formula is C32H29ClN6O3S2. The van der Waals surface area contributed by atoms with Gasteiger partial charge in [0.15, 0.2) is 0 Å². The molecule has 0 unspecified atom stereocenters. The summed E-state index contributed by atoms with van der Waals surface area (Å²) in [6, 6.07) is 18.8. The molecule has 2 N–H and O–H groups in total. The lowest BCUT2D eigenvalue weighted by Gasteiger charge is -2.22. The van der Waals surface area contributed by atoms with E-state index in [-0.39, 0.29) is 6.61 Å². The van der Waals surface area contributed by atoms with E-state index in [1.165, 1.54) is 11.8 Å². The number of nitriles is 2. The summed E-state index contributed by atoms with van der Waals surface area (Å²) >= 11 is 9.02. The van der Waals surface area contributed by atoms with Gasteiger partial charge in [-0.25, -0.2) is 9.97 Å². The number of hydrogen-bond acceptors (Lipinski definition) is 10. The highest BCUT2D eigenvalue weighted by Crippen LogP contribution is 2.40. The number of hydrogen-bond donors (Lipinski definition) is 2. The van der Waals surface area contributed by atoms with Crippen LogP contribution in [0.1, 0.15) is 36.6 Å². The number of aromatic nitrogens is 2. The molecule has 2 aromatic carbocycles. The maximum absolute atomic E-state index is 11.0. The zero-order valence-corrected chi connectivity index (χ0v) is 26.3. The van der Waals surface area contributed by atoms with Gasteiger partial charge in [0.1, 0.15) is 52.0 Å². The van der Waals surface area contributed by atoms with Gasteiger partial charge in [-0.15, -0.1) is 11.3 Å². The number of carboxylic acid groups (broad SMARTS) is 1. The van der Waals surface area contributed by atoms with Crippen molar-refractivity contribution in [1.82, 2.24) is 15.3 Å². The number of rotatable bonds is 12. The second-order valence-corrected chi connectivity index (χ2v) is 12.4. The molecule has 1 fully saturated rings. The number of anilines is 1. The van der Waals surface area contributed by atoms with Gasteiger partial charge in [-0.1, -0.05) is 47.6 Å². The normalized spacial score (nSPS) is 13.3. The third kappa shape index (κ3) is 7.32. The van der Waals surface area contributed by atoms with Crippen molar-refractivity contribution < 1.29 is 14.6 Å². The zero-order chi connectivity index (χ0) is 31.1. The van der Waals surface area contributed by atoms with Crippen molar-refractivity contribution in [2.24, 2.45) is 0 Å². The van der Waals surface area contributed by atoms with Gasteiger partial charge in [0.05, 0.1) is 11.3 Å². The van der Waals surface area contributed by atoms with Gasteiger partial charge in [0, 0.05) is 46.9 Å². The second-order valence-electron chi connectivity index (χ2n) is 10.1. The molecule has 1 atom stereocenters. The van der Waals surface area contributed by atoms with Crippen LogP contribution in [0.25, 0.3) is 21.7 Å². The van der Waals surface area contributed by atoms with Crippen LogP contribution < -0.4 is 15.0 Å². The fourth-order valence-corrected chi connectivity index (χ4v) is 6.74. The highest BCUT2D eigenvalue weighted by molar-refractivity contribution is 7.98. The molecular weight excluding hydrogens is 616 g/mol. The monoisotopic (exact) mass is 644 g/mol. The first-order chi connectivity index (χ1) is 21.4. The SMILES string of the molecule is C[C@H](NCCOc1ccc(-c2c(C#N)c(SCc3csc(-c4ccc(Cl)cc4)n3)nc(N3CCCC3)c2C#N)cc1)C(=O)O. The van der Waals surface area contributed by atoms with Crippen LogP contribution in [0.5, 0.6) is 5.75 Å². The lowest BCUT2D eigenvalue weighted by atomic mass is 9.96. The Labute approximate surface area is 269 Å². The van der Waals surface area contributed by atoms with Gasteiger partial charge in [-0.2, -0.15) is 10.5 Å². The second kappa shape index (κ2) is 14.6. The lowest BCUT2D eigenvalue weighted by Crippen LogP contribution is -2.36. The summed E-state index contributed by atoms with van der Waals surface area (Å²) in [4.78, 5) is 22.8. The van der Waals surface area contributed by atoms with Crippen molar-refractivity contribution in [3.05, 3.63) is 75.8 Å². The summed E-state index contributed by atoms with van der Waals surface area (Å²) < 4.78 is 5.77. The predicted molar refractivity (Wildman–Crippen MR) is 173 cm³/mol. The molecule has 1 aliphatic rings. The fraction of sp³-hybridized carbons (Fsp3) is 0.281. The first-order valence-corrected chi connectivity index (χ1v) is 16.3. The van der Waals surface area contributed by atoms with Crippen LogP contribution in [0.2, 0.25) is 5.02 Å². The van der Waals surface area contributed by atoms with E-state index in [2.05, 4.69) is 22.4 Å². The Hall–Kier alpha value is -4.13. The molecule has 44 heavy (non-hydrogen) atoms. The van der Waals surface area contributed by atoms with Gasteiger partial charge >= 0.3 is 5.97 Å². The summed E-state index contributed by atoms with van der Waals surface area (Å²) in [6.45, 7) is 3.83. The molecule has 0 aliphatic carbocycles. The van der Waals surface area contributed by atoms with Crippen LogP contribution in [0.4, 0.5) is 5.82 Å². The Bertz CT molecular complexity index is 1710. The van der Waals surface area contributed by atoms with E-state index in [1.54, 1.807) is 30.4 Å². The van der Waals surface area contributed by atoms with Crippen LogP contribution in [-0.4, -0.2) is 53.3 Å². The van der Waals surface area contributed by atoms with E-state index in [4.69, 9.17) is 31.4 Å². The number of nitrogens with one attached hydrogen (secondary N) is 1. The van der Waals surface area contributed by atoms with Gasteiger partial charge in [0.25, 0.3) is 0 Å². The number of thiazole rings is 1. The van der Waals surface area contributed by atoms with Gasteiger partial charge in [-0.3, -0.25) is 4.79 Å². The van der Waals surface area contributed by atoms with Gasteiger partial charge in [-0.05, 0) is 49.6 Å². The van der Waals surface area contributed by atoms with Crippen molar-refractivity contribution in [1.29, 1.82) is 10.5 Å². The fourth-order valence-electron chi connectivity index (χ4n) is 4.80. The summed E-state index contributed by atoms with van der Waals surface area (Å²) in [5, 5.41) is 36.7. The quantitative estimate of drug-likeness (QED) is 0.128. The molecule has 1 aliphatic heterocycles. The Morgan fingerprint density at radius 3 is 2.43 bits per heavy atom. The minimum atomic E-state index is -0.923. The molecule has 12 heteroatoms. The van der Waals surface area contributed by atoms with Crippen molar-refractivity contribution >= 4 is 46.5 Å². The molecule has 0 amide bonds. The molecule has 2 aromatic heterocycles. The minimum absolute atomic E-state index is 0.287. The van der Waals surface area contributed by atoms with Crippen LogP contribution in [-0.2, 0) is 10.5 Å². The van der Waals surface area contributed by atoms with Gasteiger partial charge < -0.3 is 20.1 Å². The van der Waals surface area contributed by atoms with E-state index in [0.29, 0.717) is 56.2 Å². The molecule has 5 rings (SSSR count). The highest BCUT2D eigenvalue weighted by atomic mass is 35.5. The van der Waals surface area contributed by atoms with Crippen molar-refractivity contribution in [3.63, 3.8) is 0 Å². The van der Waals surface area contributed by atoms with Gasteiger partial charge in [0.2, 0.25) is 0 Å². The smallest absolute Gasteiger partial charge is 0.320 e. The number of benzene rings is 2. The largest absolute Gasteiger partial charge is 0.492 e. The van der Waals surface area contributed by atoms with Crippen LogP contribution in [0.15, 0.2) is 58.9 Å². The molecule has 0 bridgehead atoms. The maximum atomic E-state index is 11.0. The molecule has 1 saturated heterocycles. The number of ether oxygens (including phenoxy) is 1. The third-order valence-corrected chi connectivity index (χ3v) is 9.31. The Morgan fingerprint density at radius 2 is 1.77 bits per heavy atom. The van der Waals surface area contributed by atoms with Crippen LogP contribution in [0.3, 0.4) is 0 Å². The van der Waals surface area contributed by atoms with Crippen molar-refractivity contribution in [2.75, 3.05) is 31.1 Å². The van der Waals surface area contributed by atoms with E-state index in [9.17, 15) is 15.3 Å². The number of thioether (sulfide) groups is 1.